The Hall–Kier alpha value is -1.58. The fourth-order valence-corrected chi connectivity index (χ4v) is 3.08. The lowest BCUT2D eigenvalue weighted by molar-refractivity contribution is -0.121. The second-order valence-electron chi connectivity index (χ2n) is 6.04. The number of fused-ring (bicyclic) bond motifs is 1. The molecule has 118 valence electrons. The molecular weight excluding hydrogens is 296 g/mol. The minimum atomic E-state index is 0. The topological polar surface area (TPSA) is 55.1 Å². The molecule has 0 spiro atoms. The third kappa shape index (κ3) is 4.21. The largest absolute Gasteiger partial charge is 0.353 e. The van der Waals surface area contributed by atoms with Gasteiger partial charge in [0.25, 0.3) is 0 Å². The highest BCUT2D eigenvalue weighted by molar-refractivity contribution is 5.86. The molecule has 0 radical (unpaired) electrons. The van der Waals surface area contributed by atoms with Crippen molar-refractivity contribution in [3.05, 3.63) is 48.0 Å². The minimum Gasteiger partial charge on any atom is -0.353 e. The molecule has 0 unspecified atom stereocenters. The van der Waals surface area contributed by atoms with Crippen molar-refractivity contribution in [1.82, 2.24) is 5.32 Å². The quantitative estimate of drug-likeness (QED) is 0.913. The van der Waals surface area contributed by atoms with Crippen LogP contribution in [0.1, 0.15) is 31.2 Å². The summed E-state index contributed by atoms with van der Waals surface area (Å²) in [5.41, 5.74) is 6.96. The number of hydrogen-bond donors (Lipinski definition) is 2. The van der Waals surface area contributed by atoms with Gasteiger partial charge >= 0.3 is 0 Å². The van der Waals surface area contributed by atoms with Crippen LogP contribution in [0.25, 0.3) is 10.8 Å². The number of benzene rings is 2. The number of nitrogens with two attached hydrogens (primary N) is 1. The summed E-state index contributed by atoms with van der Waals surface area (Å²) >= 11 is 0. The van der Waals surface area contributed by atoms with E-state index in [2.05, 4.69) is 29.6 Å². The molecule has 0 atom stereocenters. The Labute approximate surface area is 137 Å². The molecule has 4 heteroatoms. The van der Waals surface area contributed by atoms with Crippen LogP contribution < -0.4 is 11.1 Å². The smallest absolute Gasteiger partial charge is 0.224 e. The Morgan fingerprint density at radius 2 is 1.73 bits per heavy atom. The van der Waals surface area contributed by atoms with Gasteiger partial charge in [0, 0.05) is 12.1 Å². The predicted molar refractivity (Wildman–Crippen MR) is 93.3 cm³/mol. The fraction of sp³-hybridized carbons (Fsp3) is 0.389. The van der Waals surface area contributed by atoms with Crippen LogP contribution in [-0.4, -0.2) is 18.0 Å². The number of carbonyl (C=O) groups excluding carboxylic acids is 1. The lowest BCUT2D eigenvalue weighted by Gasteiger charge is -2.26. The number of nitrogens with one attached hydrogen (secondary N) is 1. The van der Waals surface area contributed by atoms with Gasteiger partial charge in [-0.1, -0.05) is 42.5 Å². The molecule has 2 aromatic rings. The molecule has 3 rings (SSSR count). The van der Waals surface area contributed by atoms with E-state index >= 15 is 0 Å². The van der Waals surface area contributed by atoms with E-state index in [4.69, 9.17) is 5.73 Å². The summed E-state index contributed by atoms with van der Waals surface area (Å²) in [5, 5.41) is 5.54. The maximum absolute atomic E-state index is 12.2. The molecule has 1 aliphatic carbocycles. The van der Waals surface area contributed by atoms with Crippen molar-refractivity contribution in [2.75, 3.05) is 0 Å². The normalized spacial score (nSPS) is 21.1. The molecule has 0 saturated heterocycles. The van der Waals surface area contributed by atoms with Crippen molar-refractivity contribution in [3.8, 4) is 0 Å². The molecule has 1 aliphatic rings. The number of hydrogen-bond acceptors (Lipinski definition) is 2. The summed E-state index contributed by atoms with van der Waals surface area (Å²) in [6.45, 7) is 0. The lowest BCUT2D eigenvalue weighted by Crippen LogP contribution is -2.41. The molecule has 0 aromatic heterocycles. The maximum Gasteiger partial charge on any atom is 0.224 e. The summed E-state index contributed by atoms with van der Waals surface area (Å²) in [6.07, 6.45) is 4.49. The van der Waals surface area contributed by atoms with Crippen LogP contribution in [0.3, 0.4) is 0 Å². The van der Waals surface area contributed by atoms with Gasteiger partial charge in [-0.05, 0) is 42.0 Å². The predicted octanol–water partition coefficient (Wildman–Crippen LogP) is 3.19. The van der Waals surface area contributed by atoms with Crippen molar-refractivity contribution in [2.24, 2.45) is 5.73 Å². The molecule has 2 aromatic carbocycles. The third-order valence-corrected chi connectivity index (χ3v) is 4.32. The zero-order valence-corrected chi connectivity index (χ0v) is 13.4. The van der Waals surface area contributed by atoms with Crippen LogP contribution in [0.4, 0.5) is 0 Å². The summed E-state index contributed by atoms with van der Waals surface area (Å²) in [5.74, 6) is 0.116. The van der Waals surface area contributed by atoms with Gasteiger partial charge in [0.05, 0.1) is 6.42 Å². The molecule has 1 saturated carbocycles. The van der Waals surface area contributed by atoms with Crippen molar-refractivity contribution in [3.63, 3.8) is 0 Å². The van der Waals surface area contributed by atoms with Gasteiger partial charge in [-0.25, -0.2) is 0 Å². The van der Waals surface area contributed by atoms with E-state index in [0.29, 0.717) is 18.5 Å². The summed E-state index contributed by atoms with van der Waals surface area (Å²) in [7, 11) is 0. The molecule has 3 N–H and O–H groups in total. The van der Waals surface area contributed by atoms with E-state index in [9.17, 15) is 4.79 Å². The van der Waals surface area contributed by atoms with E-state index < -0.39 is 0 Å². The minimum absolute atomic E-state index is 0. The van der Waals surface area contributed by atoms with E-state index in [0.717, 1.165) is 31.2 Å². The highest BCUT2D eigenvalue weighted by Gasteiger charge is 2.19. The molecule has 0 heterocycles. The summed E-state index contributed by atoms with van der Waals surface area (Å²) in [6, 6.07) is 15.1. The van der Waals surface area contributed by atoms with Gasteiger partial charge < -0.3 is 11.1 Å². The SMILES string of the molecule is Cl.NC1CCC(NC(=O)Cc2ccc3ccccc3c2)CC1. The first-order valence-electron chi connectivity index (χ1n) is 7.73. The Bertz CT molecular complexity index is 636. The highest BCUT2D eigenvalue weighted by Crippen LogP contribution is 2.18. The van der Waals surface area contributed by atoms with Gasteiger partial charge in [0.15, 0.2) is 0 Å². The first kappa shape index (κ1) is 16.8. The fourth-order valence-electron chi connectivity index (χ4n) is 3.08. The van der Waals surface area contributed by atoms with E-state index in [1.807, 2.05) is 18.2 Å². The van der Waals surface area contributed by atoms with Crippen LogP contribution in [0.2, 0.25) is 0 Å². The molecule has 1 fully saturated rings. The number of carbonyl (C=O) groups is 1. The number of rotatable bonds is 3. The molecule has 3 nitrogen and oxygen atoms in total. The van der Waals surface area contributed by atoms with Gasteiger partial charge in [0.2, 0.25) is 5.91 Å². The number of amides is 1. The van der Waals surface area contributed by atoms with Crippen LogP contribution in [0.5, 0.6) is 0 Å². The third-order valence-electron chi connectivity index (χ3n) is 4.32. The Morgan fingerprint density at radius 1 is 1.05 bits per heavy atom. The maximum atomic E-state index is 12.2. The van der Waals surface area contributed by atoms with Crippen molar-refractivity contribution >= 4 is 29.1 Å². The zero-order valence-electron chi connectivity index (χ0n) is 12.6. The van der Waals surface area contributed by atoms with Crippen molar-refractivity contribution in [2.45, 2.75) is 44.2 Å². The first-order chi connectivity index (χ1) is 10.2. The molecule has 0 aliphatic heterocycles. The highest BCUT2D eigenvalue weighted by atomic mass is 35.5. The average molecular weight is 319 g/mol. The summed E-state index contributed by atoms with van der Waals surface area (Å²) in [4.78, 5) is 12.2. The van der Waals surface area contributed by atoms with Crippen LogP contribution >= 0.6 is 12.4 Å². The van der Waals surface area contributed by atoms with Gasteiger partial charge in [-0.15, -0.1) is 12.4 Å². The van der Waals surface area contributed by atoms with Gasteiger partial charge in [-0.3, -0.25) is 4.79 Å². The second-order valence-corrected chi connectivity index (χ2v) is 6.04. The zero-order chi connectivity index (χ0) is 14.7. The summed E-state index contributed by atoms with van der Waals surface area (Å²) < 4.78 is 0. The number of halogens is 1. The Kier molecular flexibility index (Phi) is 5.81. The molecular formula is C18H23ClN2O. The van der Waals surface area contributed by atoms with Crippen LogP contribution in [0.15, 0.2) is 42.5 Å². The molecule has 22 heavy (non-hydrogen) atoms. The van der Waals surface area contributed by atoms with E-state index in [-0.39, 0.29) is 18.3 Å². The lowest BCUT2D eigenvalue weighted by atomic mass is 9.91. The van der Waals surface area contributed by atoms with Crippen molar-refractivity contribution < 1.29 is 4.79 Å². The Morgan fingerprint density at radius 3 is 2.45 bits per heavy atom. The Balaban J connectivity index is 0.00000176. The molecule has 0 bridgehead atoms. The molecule has 1 amide bonds. The van der Waals surface area contributed by atoms with Gasteiger partial charge in [0.1, 0.15) is 0 Å². The van der Waals surface area contributed by atoms with E-state index in [1.54, 1.807) is 0 Å². The van der Waals surface area contributed by atoms with E-state index in [1.165, 1.54) is 10.8 Å². The van der Waals surface area contributed by atoms with Crippen molar-refractivity contribution in [1.29, 1.82) is 0 Å². The van der Waals surface area contributed by atoms with Crippen LogP contribution in [0, 0.1) is 0 Å². The monoisotopic (exact) mass is 318 g/mol. The van der Waals surface area contributed by atoms with Crippen LogP contribution in [-0.2, 0) is 11.2 Å². The second kappa shape index (κ2) is 7.61. The standard InChI is InChI=1S/C18H22N2O.ClH/c19-16-7-9-17(10-8-16)20-18(21)12-13-5-6-14-3-1-2-4-15(14)11-13;/h1-6,11,16-17H,7-10,12,19H2,(H,20,21);1H. The van der Waals surface area contributed by atoms with Gasteiger partial charge in [-0.2, -0.15) is 0 Å². The average Bonchev–Trinajstić information content (AvgIpc) is 2.49. The first-order valence-corrected chi connectivity index (χ1v) is 7.73.